The molecule has 0 fully saturated rings. The summed E-state index contributed by atoms with van der Waals surface area (Å²) in [5.41, 5.74) is 2.87. The Labute approximate surface area is 186 Å². The summed E-state index contributed by atoms with van der Waals surface area (Å²) in [4.78, 5) is 50.7. The molecule has 1 aromatic carbocycles. The molecule has 1 N–H and O–H groups in total. The number of carbonyl (C=O) groups is 4. The SMILES string of the molecule is CCOC(=O)C1=C(C)NC2=C(C(=O)[C@@H](C(=O)OC)[C@@H](C)C2)[C@H]1c1ccc(C(=O)OC)cc1. The van der Waals surface area contributed by atoms with Gasteiger partial charge in [0.05, 0.1) is 32.0 Å². The van der Waals surface area contributed by atoms with Crippen molar-refractivity contribution in [1.29, 1.82) is 0 Å². The standard InChI is InChI=1S/C24H27NO7/c1-6-32-24(29)18-13(3)25-16-11-12(2)17(23(28)31-5)21(26)20(16)19(18)14-7-9-15(10-8-14)22(27)30-4/h7-10,12,17,19,25H,6,11H2,1-5H3/t12-,17-,19-/m0/s1. The van der Waals surface area contributed by atoms with E-state index < -0.39 is 29.7 Å². The third kappa shape index (κ3) is 4.04. The Morgan fingerprint density at radius 2 is 1.72 bits per heavy atom. The van der Waals surface area contributed by atoms with Crippen molar-refractivity contribution >= 4 is 23.7 Å². The molecular formula is C24H27NO7. The maximum atomic E-state index is 13.6. The Morgan fingerprint density at radius 3 is 2.28 bits per heavy atom. The number of hydrogen-bond donors (Lipinski definition) is 1. The summed E-state index contributed by atoms with van der Waals surface area (Å²) in [6, 6.07) is 6.51. The number of dihydropyridines is 1. The number of ketones is 1. The van der Waals surface area contributed by atoms with Gasteiger partial charge in [0.15, 0.2) is 5.78 Å². The van der Waals surface area contributed by atoms with E-state index in [2.05, 4.69) is 5.32 Å². The second-order valence-electron chi connectivity index (χ2n) is 7.87. The number of hydrogen-bond acceptors (Lipinski definition) is 8. The number of nitrogens with one attached hydrogen (secondary N) is 1. The molecule has 0 saturated carbocycles. The van der Waals surface area contributed by atoms with E-state index in [-0.39, 0.29) is 18.3 Å². The molecule has 170 valence electrons. The highest BCUT2D eigenvalue weighted by Gasteiger charge is 2.47. The van der Waals surface area contributed by atoms with Gasteiger partial charge in [-0.25, -0.2) is 9.59 Å². The second kappa shape index (κ2) is 9.38. The zero-order chi connectivity index (χ0) is 23.6. The maximum Gasteiger partial charge on any atom is 0.337 e. The first-order chi connectivity index (χ1) is 15.2. The normalized spacial score (nSPS) is 22.7. The van der Waals surface area contributed by atoms with Crippen LogP contribution in [0.4, 0.5) is 0 Å². The van der Waals surface area contributed by atoms with Gasteiger partial charge in [0.1, 0.15) is 5.92 Å². The van der Waals surface area contributed by atoms with Gasteiger partial charge in [0.2, 0.25) is 0 Å². The first-order valence-corrected chi connectivity index (χ1v) is 10.4. The van der Waals surface area contributed by atoms with Crippen LogP contribution in [0, 0.1) is 11.8 Å². The van der Waals surface area contributed by atoms with Gasteiger partial charge in [0, 0.05) is 22.9 Å². The number of rotatable bonds is 5. The summed E-state index contributed by atoms with van der Waals surface area (Å²) in [6.07, 6.45) is 0.449. The molecule has 0 unspecified atom stereocenters. The number of benzene rings is 1. The van der Waals surface area contributed by atoms with Gasteiger partial charge in [0.25, 0.3) is 0 Å². The van der Waals surface area contributed by atoms with Crippen LogP contribution in [0.2, 0.25) is 0 Å². The van der Waals surface area contributed by atoms with Crippen molar-refractivity contribution in [3.05, 3.63) is 57.9 Å². The molecule has 1 aliphatic heterocycles. The topological polar surface area (TPSA) is 108 Å². The Morgan fingerprint density at radius 1 is 1.06 bits per heavy atom. The fourth-order valence-electron chi connectivity index (χ4n) is 4.42. The highest BCUT2D eigenvalue weighted by atomic mass is 16.5. The molecule has 3 atom stereocenters. The van der Waals surface area contributed by atoms with Crippen LogP contribution in [0.15, 0.2) is 46.8 Å². The predicted octanol–water partition coefficient (Wildman–Crippen LogP) is 2.65. The highest BCUT2D eigenvalue weighted by molar-refractivity contribution is 6.12. The van der Waals surface area contributed by atoms with E-state index in [4.69, 9.17) is 14.2 Å². The quantitative estimate of drug-likeness (QED) is 0.422. The summed E-state index contributed by atoms with van der Waals surface area (Å²) in [7, 11) is 2.54. The predicted molar refractivity (Wildman–Crippen MR) is 114 cm³/mol. The molecule has 0 amide bonds. The summed E-state index contributed by atoms with van der Waals surface area (Å²) in [5.74, 6) is -3.99. The van der Waals surface area contributed by atoms with Crippen molar-refractivity contribution < 1.29 is 33.4 Å². The third-order valence-electron chi connectivity index (χ3n) is 5.90. The smallest absolute Gasteiger partial charge is 0.337 e. The lowest BCUT2D eigenvalue weighted by Gasteiger charge is -2.38. The molecule has 1 aromatic rings. The van der Waals surface area contributed by atoms with Gasteiger partial charge in [-0.1, -0.05) is 19.1 Å². The number of ether oxygens (including phenoxy) is 3. The molecule has 8 heteroatoms. The first kappa shape index (κ1) is 23.2. The molecule has 1 heterocycles. The van der Waals surface area contributed by atoms with Crippen LogP contribution in [0.1, 0.15) is 49.0 Å². The van der Waals surface area contributed by atoms with Crippen molar-refractivity contribution in [2.24, 2.45) is 11.8 Å². The Kier molecular flexibility index (Phi) is 6.81. The molecule has 32 heavy (non-hydrogen) atoms. The van der Waals surface area contributed by atoms with Gasteiger partial charge < -0.3 is 19.5 Å². The van der Waals surface area contributed by atoms with Crippen molar-refractivity contribution in [2.75, 3.05) is 20.8 Å². The van der Waals surface area contributed by atoms with E-state index in [1.54, 1.807) is 38.1 Å². The lowest BCUT2D eigenvalue weighted by atomic mass is 9.69. The molecule has 3 rings (SSSR count). The van der Waals surface area contributed by atoms with Crippen LogP contribution in [0.3, 0.4) is 0 Å². The van der Waals surface area contributed by atoms with Crippen molar-refractivity contribution in [3.8, 4) is 0 Å². The van der Waals surface area contributed by atoms with Gasteiger partial charge in [-0.2, -0.15) is 0 Å². The van der Waals surface area contributed by atoms with E-state index in [0.717, 1.165) is 0 Å². The minimum Gasteiger partial charge on any atom is -0.468 e. The largest absolute Gasteiger partial charge is 0.468 e. The lowest BCUT2D eigenvalue weighted by molar-refractivity contribution is -0.151. The average molecular weight is 441 g/mol. The fourth-order valence-corrected chi connectivity index (χ4v) is 4.42. The maximum absolute atomic E-state index is 13.6. The molecule has 0 radical (unpaired) electrons. The minimum atomic E-state index is -0.959. The third-order valence-corrected chi connectivity index (χ3v) is 5.90. The summed E-state index contributed by atoms with van der Waals surface area (Å²) in [5, 5.41) is 3.20. The second-order valence-corrected chi connectivity index (χ2v) is 7.87. The number of esters is 3. The molecule has 0 aromatic heterocycles. The summed E-state index contributed by atoms with van der Waals surface area (Å²) >= 11 is 0. The molecule has 0 bridgehead atoms. The van der Waals surface area contributed by atoms with E-state index in [1.165, 1.54) is 14.2 Å². The highest BCUT2D eigenvalue weighted by Crippen LogP contribution is 2.45. The Balaban J connectivity index is 2.17. The Hall–Kier alpha value is -3.42. The Bertz CT molecular complexity index is 1020. The van der Waals surface area contributed by atoms with Gasteiger partial charge in [-0.3, -0.25) is 9.59 Å². The molecule has 8 nitrogen and oxygen atoms in total. The van der Waals surface area contributed by atoms with Gasteiger partial charge in [-0.05, 0) is 43.9 Å². The van der Waals surface area contributed by atoms with Crippen LogP contribution >= 0.6 is 0 Å². The summed E-state index contributed by atoms with van der Waals surface area (Å²) < 4.78 is 14.9. The van der Waals surface area contributed by atoms with Crippen molar-refractivity contribution in [1.82, 2.24) is 5.32 Å². The molecule has 0 saturated heterocycles. The number of allylic oxidation sites excluding steroid dienone is 3. The molecular weight excluding hydrogens is 414 g/mol. The van der Waals surface area contributed by atoms with Crippen LogP contribution < -0.4 is 5.32 Å². The fraction of sp³-hybridized carbons (Fsp3) is 0.417. The number of carbonyl (C=O) groups excluding carboxylic acids is 4. The molecule has 2 aliphatic rings. The number of methoxy groups -OCH3 is 2. The van der Waals surface area contributed by atoms with E-state index >= 15 is 0 Å². The van der Waals surface area contributed by atoms with Crippen LogP contribution in [-0.2, 0) is 28.6 Å². The van der Waals surface area contributed by atoms with E-state index in [9.17, 15) is 19.2 Å². The van der Waals surface area contributed by atoms with Crippen LogP contribution in [0.5, 0.6) is 0 Å². The van der Waals surface area contributed by atoms with Crippen LogP contribution in [-0.4, -0.2) is 44.5 Å². The van der Waals surface area contributed by atoms with Crippen molar-refractivity contribution in [2.45, 2.75) is 33.1 Å². The van der Waals surface area contributed by atoms with Crippen molar-refractivity contribution in [3.63, 3.8) is 0 Å². The zero-order valence-corrected chi connectivity index (χ0v) is 18.8. The summed E-state index contributed by atoms with van der Waals surface area (Å²) in [6.45, 7) is 5.46. The first-order valence-electron chi connectivity index (χ1n) is 10.4. The lowest BCUT2D eigenvalue weighted by Crippen LogP contribution is -2.43. The molecule has 1 aliphatic carbocycles. The van der Waals surface area contributed by atoms with Gasteiger partial charge in [-0.15, -0.1) is 0 Å². The molecule has 0 spiro atoms. The van der Waals surface area contributed by atoms with E-state index in [1.807, 2.05) is 6.92 Å². The van der Waals surface area contributed by atoms with Gasteiger partial charge >= 0.3 is 17.9 Å². The average Bonchev–Trinajstić information content (AvgIpc) is 2.77. The number of Topliss-reactive ketones (excluding diaryl/α,β-unsaturated/α-hetero) is 1. The monoisotopic (exact) mass is 441 g/mol. The van der Waals surface area contributed by atoms with E-state index in [0.29, 0.717) is 40.1 Å². The van der Waals surface area contributed by atoms with Crippen LogP contribution in [0.25, 0.3) is 0 Å². The minimum absolute atomic E-state index is 0.172. The zero-order valence-electron chi connectivity index (χ0n) is 18.8.